The molecule has 1 atom stereocenters. The summed E-state index contributed by atoms with van der Waals surface area (Å²) in [6.45, 7) is 1.55. The number of rotatable bonds is 11. The van der Waals surface area contributed by atoms with Crippen molar-refractivity contribution in [3.05, 3.63) is 59.2 Å². The lowest BCUT2D eigenvalue weighted by Crippen LogP contribution is -2.43. The average molecular weight is 479 g/mol. The Kier molecular flexibility index (Phi) is 9.02. The Balaban J connectivity index is 1.95. The molecule has 4 nitrogen and oxygen atoms in total. The number of aryl methyl sites for hydroxylation is 2. The summed E-state index contributed by atoms with van der Waals surface area (Å²) < 4.78 is 86.3. The first-order chi connectivity index (χ1) is 15.3. The quantitative estimate of drug-likeness (QED) is 0.323. The van der Waals surface area contributed by atoms with Crippen LogP contribution in [0, 0.1) is 0 Å². The van der Waals surface area contributed by atoms with Crippen molar-refractivity contribution in [2.75, 3.05) is 13.2 Å². The minimum atomic E-state index is -4.77. The van der Waals surface area contributed by atoms with Gasteiger partial charge in [0.25, 0.3) is 0 Å². The molecule has 10 heteroatoms. The molecule has 3 N–H and O–H groups in total. The number of ether oxygens (including phenoxy) is 2. The van der Waals surface area contributed by atoms with Crippen LogP contribution in [-0.2, 0) is 19.0 Å². The summed E-state index contributed by atoms with van der Waals surface area (Å²) in [6, 6.07) is 9.10. The van der Waals surface area contributed by atoms with Crippen molar-refractivity contribution in [3.63, 3.8) is 0 Å². The second-order valence-electron chi connectivity index (χ2n) is 7.85. The lowest BCUT2D eigenvalue weighted by atomic mass is 9.90. The van der Waals surface area contributed by atoms with Crippen molar-refractivity contribution in [3.8, 4) is 11.5 Å². The van der Waals surface area contributed by atoms with Gasteiger partial charge in [-0.05, 0) is 67.5 Å². The molecule has 33 heavy (non-hydrogen) atoms. The zero-order valence-corrected chi connectivity index (χ0v) is 18.1. The SMILES string of the molecule is CC[C@](N)(CO)CCc1ccc(OCCCc2ccc(OC(F)(F)F)cc2)c(C(F)(F)F)c1. The molecule has 0 radical (unpaired) electrons. The van der Waals surface area contributed by atoms with Crippen molar-refractivity contribution < 1.29 is 40.9 Å². The molecule has 0 heterocycles. The van der Waals surface area contributed by atoms with Gasteiger partial charge in [-0.15, -0.1) is 13.2 Å². The molecule has 0 saturated heterocycles. The van der Waals surface area contributed by atoms with Gasteiger partial charge in [0.15, 0.2) is 0 Å². The van der Waals surface area contributed by atoms with Gasteiger partial charge < -0.3 is 20.3 Å². The van der Waals surface area contributed by atoms with Crippen LogP contribution < -0.4 is 15.2 Å². The maximum Gasteiger partial charge on any atom is 0.573 e. The van der Waals surface area contributed by atoms with Crippen molar-refractivity contribution in [1.82, 2.24) is 0 Å². The molecule has 0 aliphatic heterocycles. The molecule has 0 spiro atoms. The average Bonchev–Trinajstić information content (AvgIpc) is 2.75. The van der Waals surface area contributed by atoms with E-state index in [1.54, 1.807) is 6.92 Å². The minimum Gasteiger partial charge on any atom is -0.493 e. The zero-order valence-electron chi connectivity index (χ0n) is 18.1. The van der Waals surface area contributed by atoms with Crippen LogP contribution in [0.25, 0.3) is 0 Å². The van der Waals surface area contributed by atoms with Crippen molar-refractivity contribution in [2.24, 2.45) is 5.73 Å². The van der Waals surface area contributed by atoms with E-state index in [1.807, 2.05) is 0 Å². The predicted octanol–water partition coefficient (Wildman–Crippen LogP) is 5.65. The summed E-state index contributed by atoms with van der Waals surface area (Å²) in [5.41, 5.74) is 5.41. The van der Waals surface area contributed by atoms with Gasteiger partial charge in [0.05, 0.1) is 18.8 Å². The third kappa shape index (κ3) is 8.77. The molecular weight excluding hydrogens is 452 g/mol. The van der Waals surface area contributed by atoms with Gasteiger partial charge in [0.1, 0.15) is 11.5 Å². The van der Waals surface area contributed by atoms with Gasteiger partial charge in [-0.3, -0.25) is 0 Å². The molecule has 2 rings (SSSR count). The van der Waals surface area contributed by atoms with Crippen molar-refractivity contribution >= 4 is 0 Å². The standard InChI is InChI=1S/C23H27F6NO3/c1-2-21(30,15-31)12-11-17-7-10-20(19(14-17)22(24,25)26)32-13-3-4-16-5-8-18(9-6-16)33-23(27,28)29/h5-10,14,31H,2-4,11-13,15,30H2,1H3/t21-/m1/s1. The molecule has 0 saturated carbocycles. The van der Waals surface area contributed by atoms with E-state index in [0.29, 0.717) is 36.8 Å². The summed E-state index contributed by atoms with van der Waals surface area (Å²) >= 11 is 0. The van der Waals surface area contributed by atoms with Crippen LogP contribution in [0.5, 0.6) is 11.5 Å². The maximum absolute atomic E-state index is 13.5. The molecule has 2 aromatic carbocycles. The van der Waals surface area contributed by atoms with Crippen LogP contribution in [0.2, 0.25) is 0 Å². The Morgan fingerprint density at radius 2 is 1.55 bits per heavy atom. The fourth-order valence-corrected chi connectivity index (χ4v) is 3.16. The third-order valence-corrected chi connectivity index (χ3v) is 5.30. The third-order valence-electron chi connectivity index (χ3n) is 5.30. The first-order valence-corrected chi connectivity index (χ1v) is 10.4. The van der Waals surface area contributed by atoms with Gasteiger partial charge in [-0.1, -0.05) is 25.1 Å². The number of benzene rings is 2. The number of aliphatic hydroxyl groups is 1. The summed E-state index contributed by atoms with van der Waals surface area (Å²) in [6.07, 6.45) is -7.50. The van der Waals surface area contributed by atoms with E-state index < -0.39 is 23.6 Å². The Morgan fingerprint density at radius 1 is 0.909 bits per heavy atom. The second-order valence-corrected chi connectivity index (χ2v) is 7.85. The first kappa shape index (κ1) is 26.8. The summed E-state index contributed by atoms with van der Waals surface area (Å²) in [7, 11) is 0. The summed E-state index contributed by atoms with van der Waals surface area (Å²) in [5.74, 6) is -0.640. The Bertz CT molecular complexity index is 877. The topological polar surface area (TPSA) is 64.7 Å². The second kappa shape index (κ2) is 11.1. The molecule has 2 aromatic rings. The Labute approximate surface area is 188 Å². The Hall–Kier alpha value is -2.46. The fraction of sp³-hybridized carbons (Fsp3) is 0.478. The Morgan fingerprint density at radius 3 is 2.09 bits per heavy atom. The van der Waals surface area contributed by atoms with Crippen LogP contribution in [-0.4, -0.2) is 30.2 Å². The molecule has 0 bridgehead atoms. The molecule has 0 aromatic heterocycles. The van der Waals surface area contributed by atoms with Crippen LogP contribution in [0.3, 0.4) is 0 Å². The highest BCUT2D eigenvalue weighted by molar-refractivity contribution is 5.39. The monoisotopic (exact) mass is 479 g/mol. The largest absolute Gasteiger partial charge is 0.573 e. The summed E-state index contributed by atoms with van der Waals surface area (Å²) in [4.78, 5) is 0. The van der Waals surface area contributed by atoms with Gasteiger partial charge in [-0.25, -0.2) is 0 Å². The van der Waals surface area contributed by atoms with E-state index in [9.17, 15) is 31.4 Å². The maximum atomic E-state index is 13.5. The molecule has 184 valence electrons. The van der Waals surface area contributed by atoms with Crippen LogP contribution in [0.1, 0.15) is 42.9 Å². The highest BCUT2D eigenvalue weighted by Crippen LogP contribution is 2.37. The van der Waals surface area contributed by atoms with Crippen LogP contribution >= 0.6 is 0 Å². The van der Waals surface area contributed by atoms with E-state index >= 15 is 0 Å². The number of halogens is 6. The lowest BCUT2D eigenvalue weighted by molar-refractivity contribution is -0.274. The van der Waals surface area contributed by atoms with Crippen molar-refractivity contribution in [2.45, 2.75) is 57.1 Å². The van der Waals surface area contributed by atoms with Crippen LogP contribution in [0.4, 0.5) is 26.3 Å². The molecule has 0 fully saturated rings. The number of hydrogen-bond acceptors (Lipinski definition) is 4. The van der Waals surface area contributed by atoms with Gasteiger partial charge >= 0.3 is 12.5 Å². The predicted molar refractivity (Wildman–Crippen MR) is 111 cm³/mol. The number of nitrogens with two attached hydrogens (primary N) is 1. The lowest BCUT2D eigenvalue weighted by Gasteiger charge is -2.25. The zero-order chi connectivity index (χ0) is 24.7. The fourth-order valence-electron chi connectivity index (χ4n) is 3.16. The number of alkyl halides is 6. The number of aliphatic hydroxyl groups excluding tert-OH is 1. The summed E-state index contributed by atoms with van der Waals surface area (Å²) in [5, 5.41) is 9.38. The molecule has 0 amide bonds. The highest BCUT2D eigenvalue weighted by atomic mass is 19.4. The molecule has 0 aliphatic rings. The smallest absolute Gasteiger partial charge is 0.493 e. The van der Waals surface area contributed by atoms with E-state index in [2.05, 4.69) is 4.74 Å². The normalized spacial score (nSPS) is 14.1. The van der Waals surface area contributed by atoms with Crippen LogP contribution in [0.15, 0.2) is 42.5 Å². The van der Waals surface area contributed by atoms with Gasteiger partial charge in [0, 0.05) is 5.54 Å². The first-order valence-electron chi connectivity index (χ1n) is 10.4. The molecule has 0 unspecified atom stereocenters. The van der Waals surface area contributed by atoms with E-state index in [4.69, 9.17) is 10.5 Å². The van der Waals surface area contributed by atoms with Crippen molar-refractivity contribution in [1.29, 1.82) is 0 Å². The van der Waals surface area contributed by atoms with E-state index in [1.165, 1.54) is 36.4 Å². The van der Waals surface area contributed by atoms with E-state index in [0.717, 1.165) is 6.07 Å². The van der Waals surface area contributed by atoms with E-state index in [-0.39, 0.29) is 31.1 Å². The van der Waals surface area contributed by atoms with Gasteiger partial charge in [-0.2, -0.15) is 13.2 Å². The highest BCUT2D eigenvalue weighted by Gasteiger charge is 2.35. The van der Waals surface area contributed by atoms with Gasteiger partial charge in [0.2, 0.25) is 0 Å². The minimum absolute atomic E-state index is 0.00448. The molecular formula is C23H27F6NO3. The number of hydrogen-bond donors (Lipinski definition) is 2. The molecule has 0 aliphatic carbocycles.